The first-order chi connectivity index (χ1) is 15.1. The molecular formula is C27H29NO3. The van der Waals surface area contributed by atoms with Crippen LogP contribution in [-0.4, -0.2) is 18.9 Å². The van der Waals surface area contributed by atoms with Crippen LogP contribution in [0.5, 0.6) is 0 Å². The van der Waals surface area contributed by atoms with E-state index in [4.69, 9.17) is 4.74 Å². The molecule has 1 atom stereocenters. The van der Waals surface area contributed by atoms with Crippen molar-refractivity contribution in [1.29, 1.82) is 0 Å². The lowest BCUT2D eigenvalue weighted by Gasteiger charge is -2.21. The Balaban J connectivity index is 1.81. The zero-order valence-electron chi connectivity index (χ0n) is 18.1. The van der Waals surface area contributed by atoms with E-state index < -0.39 is 0 Å². The summed E-state index contributed by atoms with van der Waals surface area (Å²) in [4.78, 5) is 24.7. The summed E-state index contributed by atoms with van der Waals surface area (Å²) >= 11 is 0. The molecule has 0 radical (unpaired) electrons. The van der Waals surface area contributed by atoms with E-state index in [0.717, 1.165) is 17.7 Å². The summed E-state index contributed by atoms with van der Waals surface area (Å²) in [6, 6.07) is 24.7. The van der Waals surface area contributed by atoms with Gasteiger partial charge in [0.1, 0.15) is 0 Å². The molecule has 0 aromatic heterocycles. The molecule has 0 amide bonds. The average Bonchev–Trinajstić information content (AvgIpc) is 2.83. The maximum Gasteiger partial charge on any atom is 0.337 e. The van der Waals surface area contributed by atoms with E-state index >= 15 is 0 Å². The molecule has 31 heavy (non-hydrogen) atoms. The van der Waals surface area contributed by atoms with E-state index in [1.165, 1.54) is 25.5 Å². The molecule has 1 N–H and O–H groups in total. The second kappa shape index (κ2) is 11.1. The van der Waals surface area contributed by atoms with E-state index in [9.17, 15) is 9.59 Å². The molecule has 3 rings (SSSR count). The SMILES string of the molecule is CCCCc1ccc(N[C@@H](CC(=O)c2ccccc2)c2ccc(C(=O)OC)cc2)cc1. The highest BCUT2D eigenvalue weighted by Crippen LogP contribution is 2.26. The van der Waals surface area contributed by atoms with Crippen molar-refractivity contribution < 1.29 is 14.3 Å². The van der Waals surface area contributed by atoms with E-state index in [1.807, 2.05) is 42.5 Å². The second-order valence-electron chi connectivity index (χ2n) is 7.60. The number of nitrogens with one attached hydrogen (secondary N) is 1. The van der Waals surface area contributed by atoms with Gasteiger partial charge in [0, 0.05) is 17.7 Å². The van der Waals surface area contributed by atoms with Gasteiger partial charge in [0.15, 0.2) is 5.78 Å². The Labute approximate surface area is 184 Å². The number of methoxy groups -OCH3 is 1. The maximum absolute atomic E-state index is 12.9. The molecule has 0 aliphatic carbocycles. The Kier molecular flexibility index (Phi) is 7.99. The monoisotopic (exact) mass is 415 g/mol. The van der Waals surface area contributed by atoms with Gasteiger partial charge in [-0.3, -0.25) is 4.79 Å². The smallest absolute Gasteiger partial charge is 0.337 e. The second-order valence-corrected chi connectivity index (χ2v) is 7.60. The number of ether oxygens (including phenoxy) is 1. The van der Waals surface area contributed by atoms with Gasteiger partial charge >= 0.3 is 5.97 Å². The Hall–Kier alpha value is -3.40. The Morgan fingerprint density at radius 2 is 1.55 bits per heavy atom. The number of anilines is 1. The quantitative estimate of drug-likeness (QED) is 0.314. The Bertz CT molecular complexity index is 979. The average molecular weight is 416 g/mol. The van der Waals surface area contributed by atoms with E-state index in [2.05, 4.69) is 36.5 Å². The van der Waals surface area contributed by atoms with Gasteiger partial charge in [0.2, 0.25) is 0 Å². The Morgan fingerprint density at radius 3 is 2.16 bits per heavy atom. The number of Topliss-reactive ketones (excluding diaryl/α,β-unsaturated/α-hetero) is 1. The molecule has 0 aliphatic rings. The van der Waals surface area contributed by atoms with Crippen LogP contribution in [0.1, 0.15) is 64.1 Å². The van der Waals surface area contributed by atoms with E-state index in [1.54, 1.807) is 12.1 Å². The summed E-state index contributed by atoms with van der Waals surface area (Å²) in [5.74, 6) is -0.311. The largest absolute Gasteiger partial charge is 0.465 e. The molecule has 0 fully saturated rings. The van der Waals surface area contributed by atoms with E-state index in [-0.39, 0.29) is 17.8 Å². The summed E-state index contributed by atoms with van der Waals surface area (Å²) in [6.07, 6.45) is 3.72. The predicted octanol–water partition coefficient (Wildman–Crippen LogP) is 6.24. The molecule has 3 aromatic rings. The molecule has 0 saturated carbocycles. The molecule has 3 aromatic carbocycles. The number of carbonyl (C=O) groups excluding carboxylic acids is 2. The fourth-order valence-electron chi connectivity index (χ4n) is 3.50. The molecule has 0 bridgehead atoms. The lowest BCUT2D eigenvalue weighted by atomic mass is 9.96. The lowest BCUT2D eigenvalue weighted by Crippen LogP contribution is -2.16. The number of ketones is 1. The lowest BCUT2D eigenvalue weighted by molar-refractivity contribution is 0.0600. The number of carbonyl (C=O) groups is 2. The van der Waals surface area contributed by atoms with Gasteiger partial charge in [-0.15, -0.1) is 0 Å². The minimum absolute atomic E-state index is 0.0645. The van der Waals surface area contributed by atoms with Gasteiger partial charge in [0.05, 0.1) is 18.7 Å². The first-order valence-corrected chi connectivity index (χ1v) is 10.7. The van der Waals surface area contributed by atoms with Crippen molar-refractivity contribution in [3.8, 4) is 0 Å². The third kappa shape index (κ3) is 6.29. The maximum atomic E-state index is 12.9. The van der Waals surface area contributed by atoms with Gasteiger partial charge in [-0.2, -0.15) is 0 Å². The van der Waals surface area contributed by atoms with Crippen molar-refractivity contribution in [1.82, 2.24) is 0 Å². The first-order valence-electron chi connectivity index (χ1n) is 10.7. The number of aryl methyl sites for hydroxylation is 1. The molecule has 0 heterocycles. The van der Waals surface area contributed by atoms with Crippen LogP contribution in [0.25, 0.3) is 0 Å². The van der Waals surface area contributed by atoms with Crippen molar-refractivity contribution in [2.45, 2.75) is 38.6 Å². The van der Waals surface area contributed by atoms with Crippen LogP contribution in [0.4, 0.5) is 5.69 Å². The van der Waals surface area contributed by atoms with Crippen LogP contribution in [0.2, 0.25) is 0 Å². The topological polar surface area (TPSA) is 55.4 Å². The zero-order valence-corrected chi connectivity index (χ0v) is 18.1. The summed E-state index contributed by atoms with van der Waals surface area (Å²) in [7, 11) is 1.36. The van der Waals surface area contributed by atoms with Crippen LogP contribution >= 0.6 is 0 Å². The molecule has 4 heteroatoms. The van der Waals surface area contributed by atoms with Crippen molar-refractivity contribution in [3.05, 3.63) is 101 Å². The van der Waals surface area contributed by atoms with Crippen molar-refractivity contribution in [2.75, 3.05) is 12.4 Å². The number of unbranched alkanes of at least 4 members (excludes halogenated alkanes) is 1. The van der Waals surface area contributed by atoms with Crippen molar-refractivity contribution in [2.24, 2.45) is 0 Å². The van der Waals surface area contributed by atoms with Crippen LogP contribution in [0, 0.1) is 0 Å². The molecule has 0 unspecified atom stereocenters. The summed E-state index contributed by atoms with van der Waals surface area (Å²) < 4.78 is 4.79. The highest BCUT2D eigenvalue weighted by atomic mass is 16.5. The summed E-state index contributed by atoms with van der Waals surface area (Å²) in [5, 5.41) is 3.50. The molecule has 0 aliphatic heterocycles. The molecule has 0 saturated heterocycles. The zero-order chi connectivity index (χ0) is 22.1. The minimum atomic E-state index is -0.376. The highest BCUT2D eigenvalue weighted by molar-refractivity contribution is 5.96. The molecule has 0 spiro atoms. The number of hydrogen-bond donors (Lipinski definition) is 1. The molecule has 160 valence electrons. The van der Waals surface area contributed by atoms with Crippen LogP contribution in [0.15, 0.2) is 78.9 Å². The third-order valence-corrected chi connectivity index (χ3v) is 5.33. The van der Waals surface area contributed by atoms with Crippen molar-refractivity contribution in [3.63, 3.8) is 0 Å². The summed E-state index contributed by atoms with van der Waals surface area (Å²) in [5.41, 5.74) is 4.39. The third-order valence-electron chi connectivity index (χ3n) is 5.33. The number of hydrogen-bond acceptors (Lipinski definition) is 4. The fraction of sp³-hybridized carbons (Fsp3) is 0.259. The van der Waals surface area contributed by atoms with Crippen molar-refractivity contribution >= 4 is 17.4 Å². The van der Waals surface area contributed by atoms with Crippen LogP contribution < -0.4 is 5.32 Å². The molecular weight excluding hydrogens is 386 g/mol. The van der Waals surface area contributed by atoms with Crippen LogP contribution in [-0.2, 0) is 11.2 Å². The standard InChI is InChI=1S/C27H29NO3/c1-3-4-8-20-11-17-24(18-12-20)28-25(19-26(29)22-9-6-5-7-10-22)21-13-15-23(16-14-21)27(30)31-2/h5-7,9-18,25,28H,3-4,8,19H2,1-2H3/t25-/m0/s1. The number of esters is 1. The van der Waals surface area contributed by atoms with E-state index in [0.29, 0.717) is 17.5 Å². The number of rotatable bonds is 10. The molecule has 4 nitrogen and oxygen atoms in total. The minimum Gasteiger partial charge on any atom is -0.465 e. The predicted molar refractivity (Wildman–Crippen MR) is 125 cm³/mol. The van der Waals surface area contributed by atoms with Gasteiger partial charge in [-0.25, -0.2) is 4.79 Å². The van der Waals surface area contributed by atoms with Gasteiger partial charge in [-0.05, 0) is 48.2 Å². The summed E-state index contributed by atoms with van der Waals surface area (Å²) in [6.45, 7) is 2.19. The number of benzene rings is 3. The van der Waals surface area contributed by atoms with Gasteiger partial charge in [0.25, 0.3) is 0 Å². The Morgan fingerprint density at radius 1 is 0.871 bits per heavy atom. The van der Waals surface area contributed by atoms with Gasteiger partial charge in [-0.1, -0.05) is 67.9 Å². The normalized spacial score (nSPS) is 11.5. The highest BCUT2D eigenvalue weighted by Gasteiger charge is 2.18. The van der Waals surface area contributed by atoms with Crippen LogP contribution in [0.3, 0.4) is 0 Å². The van der Waals surface area contributed by atoms with Gasteiger partial charge < -0.3 is 10.1 Å². The fourth-order valence-corrected chi connectivity index (χ4v) is 3.50. The first kappa shape index (κ1) is 22.3.